The van der Waals surface area contributed by atoms with Crippen LogP contribution < -0.4 is 10.9 Å². The first kappa shape index (κ1) is 21.3. The van der Waals surface area contributed by atoms with Gasteiger partial charge in [-0.3, -0.25) is 18.6 Å². The molecular weight excluding hydrogens is 441 g/mol. The van der Waals surface area contributed by atoms with Gasteiger partial charge in [0.25, 0.3) is 5.56 Å². The lowest BCUT2D eigenvalue weighted by Gasteiger charge is -2.13. The minimum absolute atomic E-state index is 0.0788. The highest BCUT2D eigenvalue weighted by molar-refractivity contribution is 7.99. The number of aromatic nitrogens is 4. The molecule has 2 aromatic heterocycles. The van der Waals surface area contributed by atoms with Crippen molar-refractivity contribution in [2.45, 2.75) is 25.5 Å². The predicted octanol–water partition coefficient (Wildman–Crippen LogP) is 4.22. The molecule has 2 aromatic carbocycles. The summed E-state index contributed by atoms with van der Waals surface area (Å²) >= 11 is 7.04. The van der Waals surface area contributed by atoms with E-state index in [2.05, 4.69) is 15.5 Å². The number of carbonyl (C=O) groups excluding carboxylic acids is 1. The smallest absolute Gasteiger partial charge is 0.262 e. The Kier molecular flexibility index (Phi) is 5.97. The van der Waals surface area contributed by atoms with Gasteiger partial charge >= 0.3 is 0 Å². The summed E-state index contributed by atoms with van der Waals surface area (Å²) < 4.78 is 17.1. The van der Waals surface area contributed by atoms with E-state index >= 15 is 0 Å². The van der Waals surface area contributed by atoms with Crippen LogP contribution in [0.5, 0.6) is 0 Å². The fourth-order valence-corrected chi connectivity index (χ4v) is 4.11. The average molecular weight is 460 g/mol. The number of thioether (sulfide) groups is 1. The monoisotopic (exact) mass is 459 g/mol. The minimum Gasteiger partial charge on any atom is -0.325 e. The zero-order valence-corrected chi connectivity index (χ0v) is 18.4. The van der Waals surface area contributed by atoms with Crippen LogP contribution in [0.3, 0.4) is 0 Å². The van der Waals surface area contributed by atoms with Crippen LogP contribution in [-0.4, -0.2) is 30.8 Å². The van der Waals surface area contributed by atoms with E-state index in [4.69, 9.17) is 11.6 Å². The van der Waals surface area contributed by atoms with Crippen molar-refractivity contribution < 1.29 is 9.18 Å². The number of nitrogens with one attached hydrogen (secondary N) is 1. The maximum Gasteiger partial charge on any atom is 0.262 e. The Morgan fingerprint density at radius 3 is 2.65 bits per heavy atom. The van der Waals surface area contributed by atoms with E-state index in [1.165, 1.54) is 34.5 Å². The molecule has 31 heavy (non-hydrogen) atoms. The van der Waals surface area contributed by atoms with Crippen LogP contribution in [0.2, 0.25) is 5.02 Å². The zero-order chi connectivity index (χ0) is 22.1. The first-order chi connectivity index (χ1) is 14.8. The summed E-state index contributed by atoms with van der Waals surface area (Å²) in [5.74, 6) is -0.112. The first-order valence-electron chi connectivity index (χ1n) is 9.59. The Hall–Kier alpha value is -2.91. The summed E-state index contributed by atoms with van der Waals surface area (Å²) in [6.07, 6.45) is 0. The van der Waals surface area contributed by atoms with Crippen LogP contribution in [0.15, 0.2) is 52.4 Å². The molecule has 0 fully saturated rings. The minimum atomic E-state index is -0.496. The number of benzene rings is 2. The molecule has 0 aliphatic carbocycles. The van der Waals surface area contributed by atoms with Crippen molar-refractivity contribution in [3.8, 4) is 0 Å². The van der Waals surface area contributed by atoms with E-state index in [0.717, 1.165) is 0 Å². The number of amides is 1. The van der Waals surface area contributed by atoms with Crippen molar-refractivity contribution in [3.63, 3.8) is 0 Å². The molecule has 0 saturated carbocycles. The van der Waals surface area contributed by atoms with Crippen molar-refractivity contribution in [3.05, 3.63) is 63.7 Å². The highest BCUT2D eigenvalue weighted by Crippen LogP contribution is 2.23. The molecule has 7 nitrogen and oxygen atoms in total. The molecule has 0 saturated heterocycles. The lowest BCUT2D eigenvalue weighted by molar-refractivity contribution is -0.113. The fourth-order valence-electron chi connectivity index (χ4n) is 3.24. The molecule has 0 radical (unpaired) electrons. The number of anilines is 1. The normalized spacial score (nSPS) is 11.5. The Labute approximate surface area is 186 Å². The molecule has 0 bridgehead atoms. The van der Waals surface area contributed by atoms with Crippen molar-refractivity contribution in [2.24, 2.45) is 5.92 Å². The van der Waals surface area contributed by atoms with Crippen molar-refractivity contribution in [2.75, 3.05) is 11.1 Å². The van der Waals surface area contributed by atoms with Crippen LogP contribution in [0.4, 0.5) is 10.1 Å². The Bertz CT molecular complexity index is 1330. The van der Waals surface area contributed by atoms with Gasteiger partial charge < -0.3 is 5.32 Å². The third-order valence-corrected chi connectivity index (χ3v) is 5.72. The fraction of sp³-hybridized carbons (Fsp3) is 0.238. The number of rotatable bonds is 6. The van der Waals surface area contributed by atoms with Gasteiger partial charge in [0, 0.05) is 17.3 Å². The van der Waals surface area contributed by atoms with E-state index in [1.807, 2.05) is 13.8 Å². The lowest BCUT2D eigenvalue weighted by atomic mass is 10.2. The highest BCUT2D eigenvalue weighted by Gasteiger charge is 2.18. The maximum absolute atomic E-state index is 13.9. The van der Waals surface area contributed by atoms with E-state index in [0.29, 0.717) is 33.7 Å². The van der Waals surface area contributed by atoms with Gasteiger partial charge in [0.15, 0.2) is 5.16 Å². The highest BCUT2D eigenvalue weighted by atomic mass is 35.5. The number of nitrogens with zero attached hydrogens (tertiary/aromatic N) is 4. The van der Waals surface area contributed by atoms with Gasteiger partial charge in [-0.1, -0.05) is 37.2 Å². The molecule has 160 valence electrons. The number of carbonyl (C=O) groups is 1. The van der Waals surface area contributed by atoms with Gasteiger partial charge in [0.2, 0.25) is 11.7 Å². The number of fused-ring (bicyclic) bond motifs is 3. The molecule has 0 unspecified atom stereocenters. The Morgan fingerprint density at radius 2 is 1.94 bits per heavy atom. The van der Waals surface area contributed by atoms with Gasteiger partial charge in [-0.25, -0.2) is 4.39 Å². The number of halogens is 2. The predicted molar refractivity (Wildman–Crippen MR) is 120 cm³/mol. The molecule has 1 N–H and O–H groups in total. The first-order valence-corrected chi connectivity index (χ1v) is 10.9. The second-order valence-corrected chi connectivity index (χ2v) is 8.81. The second-order valence-electron chi connectivity index (χ2n) is 7.43. The molecule has 0 spiro atoms. The van der Waals surface area contributed by atoms with Crippen LogP contribution >= 0.6 is 23.4 Å². The molecule has 4 aromatic rings. The van der Waals surface area contributed by atoms with E-state index in [1.54, 1.807) is 28.7 Å². The maximum atomic E-state index is 13.9. The van der Waals surface area contributed by atoms with Gasteiger partial charge in [-0.15, -0.1) is 10.2 Å². The van der Waals surface area contributed by atoms with E-state index < -0.39 is 5.82 Å². The van der Waals surface area contributed by atoms with Gasteiger partial charge in [-0.05, 0) is 48.4 Å². The number of hydrogen-bond donors (Lipinski definition) is 1. The van der Waals surface area contributed by atoms with Gasteiger partial charge in [-0.2, -0.15) is 0 Å². The van der Waals surface area contributed by atoms with Crippen molar-refractivity contribution in [1.29, 1.82) is 0 Å². The van der Waals surface area contributed by atoms with Crippen LogP contribution in [-0.2, 0) is 11.3 Å². The summed E-state index contributed by atoms with van der Waals surface area (Å²) in [5, 5.41) is 12.4. The second kappa shape index (κ2) is 8.68. The van der Waals surface area contributed by atoms with Crippen molar-refractivity contribution in [1.82, 2.24) is 19.2 Å². The molecular formula is C21H19ClFN5O2S. The van der Waals surface area contributed by atoms with E-state index in [9.17, 15) is 14.0 Å². The molecule has 0 aliphatic rings. The molecule has 10 heteroatoms. The van der Waals surface area contributed by atoms with Gasteiger partial charge in [0.05, 0.1) is 16.7 Å². The number of hydrogen-bond acceptors (Lipinski definition) is 5. The summed E-state index contributed by atoms with van der Waals surface area (Å²) in [6.45, 7) is 4.37. The third kappa shape index (κ3) is 4.42. The molecule has 1 amide bonds. The molecule has 2 heterocycles. The Balaban J connectivity index is 1.69. The molecule has 0 atom stereocenters. The Morgan fingerprint density at radius 1 is 1.19 bits per heavy atom. The zero-order valence-electron chi connectivity index (χ0n) is 16.8. The van der Waals surface area contributed by atoms with E-state index in [-0.39, 0.29) is 28.5 Å². The summed E-state index contributed by atoms with van der Waals surface area (Å²) in [7, 11) is 0. The van der Waals surface area contributed by atoms with Crippen molar-refractivity contribution >= 4 is 51.6 Å². The van der Waals surface area contributed by atoms with Crippen LogP contribution in [0, 0.1) is 11.7 Å². The SMILES string of the molecule is CC(C)Cn1c(=O)c2cc(F)ccc2n2c(SCC(=O)Nc3ccc(Cl)cc3)nnc12. The third-order valence-electron chi connectivity index (χ3n) is 4.54. The average Bonchev–Trinajstić information content (AvgIpc) is 3.15. The van der Waals surface area contributed by atoms with Crippen LogP contribution in [0.25, 0.3) is 16.7 Å². The topological polar surface area (TPSA) is 81.3 Å². The molecule has 0 aliphatic heterocycles. The lowest BCUT2D eigenvalue weighted by Crippen LogP contribution is -2.25. The van der Waals surface area contributed by atoms with Gasteiger partial charge in [0.1, 0.15) is 5.82 Å². The van der Waals surface area contributed by atoms with Crippen LogP contribution in [0.1, 0.15) is 13.8 Å². The summed E-state index contributed by atoms with van der Waals surface area (Å²) in [4.78, 5) is 25.3. The summed E-state index contributed by atoms with van der Waals surface area (Å²) in [5.41, 5.74) is 0.806. The summed E-state index contributed by atoms with van der Waals surface area (Å²) in [6, 6.07) is 10.8. The standard InChI is InChI=1S/C21H19ClFN5O2S/c1-12(2)10-27-19(30)16-9-14(23)5-8-17(16)28-20(27)25-26-21(28)31-11-18(29)24-15-6-3-13(22)4-7-15/h3-9,12H,10-11H2,1-2H3,(H,24,29). The quantitative estimate of drug-likeness (QED) is 0.436. The molecule has 4 rings (SSSR count). The largest absolute Gasteiger partial charge is 0.325 e.